The van der Waals surface area contributed by atoms with Gasteiger partial charge >= 0.3 is 12.2 Å². The molecule has 8 nitrogen and oxygen atoms in total. The van der Waals surface area contributed by atoms with Crippen molar-refractivity contribution in [2.24, 2.45) is 9.98 Å². The van der Waals surface area contributed by atoms with Gasteiger partial charge in [0.1, 0.15) is 6.01 Å². The lowest BCUT2D eigenvalue weighted by atomic mass is 10.2. The van der Waals surface area contributed by atoms with Crippen LogP contribution in [0, 0.1) is 13.8 Å². The first-order valence-corrected chi connectivity index (χ1v) is 8.00. The number of hydrogen-bond donors (Lipinski definition) is 2. The number of aryl methyl sites for hydroxylation is 2. The highest BCUT2D eigenvalue weighted by Crippen LogP contribution is 2.25. The summed E-state index contributed by atoms with van der Waals surface area (Å²) < 4.78 is 9.14. The maximum atomic E-state index is 11.3. The fraction of sp³-hybridized carbons (Fsp3) is 0.211. The Bertz CT molecular complexity index is 846. The molecule has 0 atom stereocenters. The fourth-order valence-corrected chi connectivity index (χ4v) is 2.09. The summed E-state index contributed by atoms with van der Waals surface area (Å²) in [5.41, 5.74) is 4.10. The maximum absolute atomic E-state index is 11.3. The molecule has 0 aliphatic heterocycles. The molecule has 0 aromatic heterocycles. The Labute approximate surface area is 156 Å². The van der Waals surface area contributed by atoms with Crippen LogP contribution < -0.4 is 10.6 Å². The summed E-state index contributed by atoms with van der Waals surface area (Å²) in [5.74, 6) is 0. The van der Waals surface area contributed by atoms with Gasteiger partial charge in [0.25, 0.3) is 0 Å². The molecule has 0 bridgehead atoms. The van der Waals surface area contributed by atoms with Crippen LogP contribution in [0.5, 0.6) is 0 Å². The van der Waals surface area contributed by atoms with Gasteiger partial charge in [0.15, 0.2) is 0 Å². The van der Waals surface area contributed by atoms with E-state index in [2.05, 4.69) is 36.1 Å². The van der Waals surface area contributed by atoms with Gasteiger partial charge in [-0.3, -0.25) is 10.6 Å². The number of ether oxygens (including phenoxy) is 2. The molecule has 140 valence electrons. The number of aliphatic imine (C=N–C) groups is 2. The number of methoxy groups -OCH3 is 2. The van der Waals surface area contributed by atoms with Crippen molar-refractivity contribution < 1.29 is 19.1 Å². The van der Waals surface area contributed by atoms with E-state index in [-0.39, 0.29) is 0 Å². The first-order valence-electron chi connectivity index (χ1n) is 8.00. The molecule has 0 saturated carbocycles. The predicted molar refractivity (Wildman–Crippen MR) is 104 cm³/mol. The number of benzene rings is 2. The van der Waals surface area contributed by atoms with E-state index in [0.717, 1.165) is 11.1 Å². The predicted octanol–water partition coefficient (Wildman–Crippen LogP) is 4.80. The van der Waals surface area contributed by atoms with E-state index >= 15 is 0 Å². The van der Waals surface area contributed by atoms with Crippen molar-refractivity contribution in [3.8, 4) is 0 Å². The lowest BCUT2D eigenvalue weighted by Crippen LogP contribution is -2.10. The van der Waals surface area contributed by atoms with Gasteiger partial charge in [-0.2, -0.15) is 9.98 Å². The second-order valence-electron chi connectivity index (χ2n) is 5.56. The van der Waals surface area contributed by atoms with Crippen LogP contribution >= 0.6 is 0 Å². The van der Waals surface area contributed by atoms with E-state index in [9.17, 15) is 9.59 Å². The van der Waals surface area contributed by atoms with Crippen molar-refractivity contribution in [1.29, 1.82) is 0 Å². The number of carbonyl (C=O) groups excluding carboxylic acids is 2. The molecule has 0 spiro atoms. The Morgan fingerprint density at radius 1 is 0.815 bits per heavy atom. The lowest BCUT2D eigenvalue weighted by Gasteiger charge is -2.06. The second kappa shape index (κ2) is 9.17. The molecule has 0 aliphatic rings. The molecule has 0 saturated heterocycles. The molecule has 2 aromatic rings. The molecule has 0 unspecified atom stereocenters. The zero-order chi connectivity index (χ0) is 19.8. The quantitative estimate of drug-likeness (QED) is 0.757. The molecule has 8 heteroatoms. The standard InChI is InChI=1S/C19H20N4O4/c1-12-5-7-14(22-18(24)26-3)9-16(12)20-11-21-17-10-15(8-6-13(17)2)23-19(25)27-4/h5-10H,1-4H3,(H,22,24)(H,23,25). The van der Waals surface area contributed by atoms with Crippen LogP contribution in [0.25, 0.3) is 0 Å². The molecule has 0 heterocycles. The average molecular weight is 368 g/mol. The van der Waals surface area contributed by atoms with Gasteiger partial charge in [-0.05, 0) is 49.2 Å². The molecule has 2 rings (SSSR count). The highest BCUT2D eigenvalue weighted by atomic mass is 16.5. The monoisotopic (exact) mass is 368 g/mol. The topological polar surface area (TPSA) is 101 Å². The van der Waals surface area contributed by atoms with Gasteiger partial charge < -0.3 is 9.47 Å². The van der Waals surface area contributed by atoms with Crippen LogP contribution in [-0.2, 0) is 9.47 Å². The highest BCUT2D eigenvalue weighted by Gasteiger charge is 2.04. The number of nitrogens with one attached hydrogen (secondary N) is 2. The normalized spacial score (nSPS) is 9.63. The van der Waals surface area contributed by atoms with Gasteiger partial charge in [-0.1, -0.05) is 12.1 Å². The highest BCUT2D eigenvalue weighted by molar-refractivity contribution is 5.86. The molecule has 0 fully saturated rings. The minimum Gasteiger partial charge on any atom is -0.453 e. The van der Waals surface area contributed by atoms with Crippen LogP contribution in [0.15, 0.2) is 46.4 Å². The van der Waals surface area contributed by atoms with Crippen molar-refractivity contribution in [3.05, 3.63) is 47.5 Å². The Morgan fingerprint density at radius 2 is 1.22 bits per heavy atom. The molecule has 2 N–H and O–H groups in total. The minimum absolute atomic E-state index is 0.549. The third kappa shape index (κ3) is 5.69. The third-order valence-electron chi connectivity index (χ3n) is 3.62. The number of amides is 2. The minimum atomic E-state index is -0.562. The first kappa shape index (κ1) is 19.7. The van der Waals surface area contributed by atoms with Crippen molar-refractivity contribution in [2.75, 3.05) is 24.9 Å². The summed E-state index contributed by atoms with van der Waals surface area (Å²) in [6, 6.07) is 13.2. The summed E-state index contributed by atoms with van der Waals surface area (Å²) in [5, 5.41) is 5.15. The Balaban J connectivity index is 2.25. The number of anilines is 2. The van der Waals surface area contributed by atoms with Gasteiger partial charge in [-0.25, -0.2) is 9.59 Å². The molecule has 27 heavy (non-hydrogen) atoms. The van der Waals surface area contributed by atoms with E-state index in [1.807, 2.05) is 26.0 Å². The van der Waals surface area contributed by atoms with E-state index < -0.39 is 12.2 Å². The van der Waals surface area contributed by atoms with Crippen LogP contribution in [0.3, 0.4) is 0 Å². The zero-order valence-electron chi connectivity index (χ0n) is 15.5. The number of nitrogens with zero attached hydrogens (tertiary/aromatic N) is 2. The van der Waals surface area contributed by atoms with Gasteiger partial charge in [0, 0.05) is 11.4 Å². The number of carbonyl (C=O) groups is 2. The summed E-state index contributed by atoms with van der Waals surface area (Å²) in [4.78, 5) is 31.1. The summed E-state index contributed by atoms with van der Waals surface area (Å²) in [6.07, 6.45) is -1.12. The lowest BCUT2D eigenvalue weighted by molar-refractivity contribution is 0.186. The largest absolute Gasteiger partial charge is 0.453 e. The molecule has 0 radical (unpaired) electrons. The van der Waals surface area contributed by atoms with Crippen molar-refractivity contribution in [1.82, 2.24) is 0 Å². The molecule has 0 aliphatic carbocycles. The van der Waals surface area contributed by atoms with Crippen molar-refractivity contribution >= 4 is 40.9 Å². The fourth-order valence-electron chi connectivity index (χ4n) is 2.09. The third-order valence-corrected chi connectivity index (χ3v) is 3.62. The summed E-state index contributed by atoms with van der Waals surface area (Å²) in [6.45, 7) is 3.77. The average Bonchev–Trinajstić information content (AvgIpc) is 2.66. The smallest absolute Gasteiger partial charge is 0.411 e. The number of rotatable bonds is 4. The van der Waals surface area contributed by atoms with Crippen LogP contribution in [0.1, 0.15) is 11.1 Å². The van der Waals surface area contributed by atoms with Crippen LogP contribution in [-0.4, -0.2) is 32.4 Å². The molecule has 2 amide bonds. The summed E-state index contributed by atoms with van der Waals surface area (Å²) in [7, 11) is 2.58. The van der Waals surface area contributed by atoms with Gasteiger partial charge in [0.05, 0.1) is 25.6 Å². The second-order valence-corrected chi connectivity index (χ2v) is 5.56. The van der Waals surface area contributed by atoms with Crippen LogP contribution in [0.4, 0.5) is 32.3 Å². The van der Waals surface area contributed by atoms with Crippen molar-refractivity contribution in [2.45, 2.75) is 13.8 Å². The molecular weight excluding hydrogens is 348 g/mol. The zero-order valence-corrected chi connectivity index (χ0v) is 15.5. The van der Waals surface area contributed by atoms with Crippen LogP contribution in [0.2, 0.25) is 0 Å². The summed E-state index contributed by atoms with van der Waals surface area (Å²) >= 11 is 0. The van der Waals surface area contributed by atoms with Gasteiger partial charge in [0.2, 0.25) is 0 Å². The van der Waals surface area contributed by atoms with E-state index in [4.69, 9.17) is 0 Å². The van der Waals surface area contributed by atoms with E-state index in [1.54, 1.807) is 24.3 Å². The Kier molecular flexibility index (Phi) is 6.68. The Morgan fingerprint density at radius 3 is 1.59 bits per heavy atom. The molecular formula is C19H20N4O4. The van der Waals surface area contributed by atoms with Crippen molar-refractivity contribution in [3.63, 3.8) is 0 Å². The van der Waals surface area contributed by atoms with E-state index in [0.29, 0.717) is 22.7 Å². The van der Waals surface area contributed by atoms with E-state index in [1.165, 1.54) is 14.2 Å². The Hall–Kier alpha value is -3.64. The number of hydrogen-bond acceptors (Lipinski definition) is 6. The molecule has 2 aromatic carbocycles. The van der Waals surface area contributed by atoms with Gasteiger partial charge in [-0.15, -0.1) is 0 Å². The first-order chi connectivity index (χ1) is 12.9. The SMILES string of the molecule is COC(=O)Nc1ccc(C)c(N=C=Nc2cc(NC(=O)OC)ccc2C)c1. The maximum Gasteiger partial charge on any atom is 0.411 e.